The van der Waals surface area contributed by atoms with Crippen LogP contribution in [0.15, 0.2) is 39.7 Å². The van der Waals surface area contributed by atoms with E-state index in [1.54, 1.807) is 10.7 Å². The number of benzene rings is 1. The smallest absolute Gasteiger partial charge is 0.336 e. The predicted molar refractivity (Wildman–Crippen MR) is 88.3 cm³/mol. The molecule has 0 saturated carbocycles. The number of nitrogens with zero attached hydrogens (tertiary/aromatic N) is 3. The highest BCUT2D eigenvalue weighted by atomic mass is 16.4. The second kappa shape index (κ2) is 6.75. The lowest BCUT2D eigenvalue weighted by Gasteiger charge is -2.08. The van der Waals surface area contributed by atoms with E-state index in [-0.39, 0.29) is 5.63 Å². The first-order valence-corrected chi connectivity index (χ1v) is 7.79. The van der Waals surface area contributed by atoms with Crippen molar-refractivity contribution in [3.63, 3.8) is 0 Å². The van der Waals surface area contributed by atoms with Crippen molar-refractivity contribution in [1.82, 2.24) is 20.3 Å². The molecule has 120 valence electrons. The Morgan fingerprint density at radius 1 is 1.30 bits per heavy atom. The van der Waals surface area contributed by atoms with Crippen LogP contribution < -0.4 is 10.9 Å². The van der Waals surface area contributed by atoms with Crippen molar-refractivity contribution in [1.29, 1.82) is 0 Å². The van der Waals surface area contributed by atoms with Gasteiger partial charge in [0.1, 0.15) is 5.58 Å². The predicted octanol–water partition coefficient (Wildman–Crippen LogP) is 2.05. The Bertz CT molecular complexity index is 866. The van der Waals surface area contributed by atoms with Gasteiger partial charge in [0.15, 0.2) is 0 Å². The average molecular weight is 312 g/mol. The summed E-state index contributed by atoms with van der Waals surface area (Å²) in [6, 6.07) is 7.53. The van der Waals surface area contributed by atoms with Crippen LogP contribution in [0.2, 0.25) is 0 Å². The Labute approximate surface area is 134 Å². The first-order valence-electron chi connectivity index (χ1n) is 7.79. The first kappa shape index (κ1) is 15.4. The fourth-order valence-electron chi connectivity index (χ4n) is 2.56. The van der Waals surface area contributed by atoms with Crippen molar-refractivity contribution < 1.29 is 4.42 Å². The number of nitrogens with one attached hydrogen (secondary N) is 1. The van der Waals surface area contributed by atoms with Crippen LogP contribution in [0.5, 0.6) is 0 Å². The summed E-state index contributed by atoms with van der Waals surface area (Å²) in [7, 11) is 0. The molecule has 3 rings (SSSR count). The molecule has 0 saturated heterocycles. The van der Waals surface area contributed by atoms with Crippen LogP contribution in [0.25, 0.3) is 11.0 Å². The van der Waals surface area contributed by atoms with E-state index in [4.69, 9.17) is 4.42 Å². The zero-order valence-electron chi connectivity index (χ0n) is 13.4. The summed E-state index contributed by atoms with van der Waals surface area (Å²) in [5.41, 5.74) is 3.42. The summed E-state index contributed by atoms with van der Waals surface area (Å²) in [6.45, 7) is 6.12. The lowest BCUT2D eigenvalue weighted by atomic mass is 10.1. The molecule has 0 aliphatic carbocycles. The number of fused-ring (bicyclic) bond motifs is 1. The van der Waals surface area contributed by atoms with E-state index in [0.29, 0.717) is 12.1 Å². The molecule has 3 aromatic rings. The third kappa shape index (κ3) is 3.65. The molecule has 0 spiro atoms. The topological polar surface area (TPSA) is 73.0 Å². The van der Waals surface area contributed by atoms with Gasteiger partial charge in [0.2, 0.25) is 0 Å². The molecule has 0 aliphatic rings. The van der Waals surface area contributed by atoms with Crippen LogP contribution in [0.1, 0.15) is 23.7 Å². The molecule has 0 bridgehead atoms. The number of rotatable bonds is 6. The fourth-order valence-corrected chi connectivity index (χ4v) is 2.56. The van der Waals surface area contributed by atoms with Crippen LogP contribution in [0.4, 0.5) is 0 Å². The highest BCUT2D eigenvalue weighted by molar-refractivity contribution is 5.80. The Morgan fingerprint density at radius 2 is 2.17 bits per heavy atom. The molecule has 23 heavy (non-hydrogen) atoms. The Hall–Kier alpha value is -2.47. The van der Waals surface area contributed by atoms with E-state index in [9.17, 15) is 4.79 Å². The molecule has 6 heteroatoms. The lowest BCUT2D eigenvalue weighted by Crippen LogP contribution is -2.20. The van der Waals surface area contributed by atoms with Gasteiger partial charge in [-0.25, -0.2) is 4.79 Å². The van der Waals surface area contributed by atoms with Crippen molar-refractivity contribution in [2.75, 3.05) is 6.54 Å². The van der Waals surface area contributed by atoms with E-state index in [0.717, 1.165) is 36.2 Å². The van der Waals surface area contributed by atoms with Crippen molar-refractivity contribution in [2.24, 2.45) is 0 Å². The number of hydrogen-bond acceptors (Lipinski definition) is 5. The quantitative estimate of drug-likeness (QED) is 0.557. The summed E-state index contributed by atoms with van der Waals surface area (Å²) in [5.74, 6) is 0. The van der Waals surface area contributed by atoms with Gasteiger partial charge < -0.3 is 9.73 Å². The minimum Gasteiger partial charge on any atom is -0.423 e. The summed E-state index contributed by atoms with van der Waals surface area (Å²) >= 11 is 0. The summed E-state index contributed by atoms with van der Waals surface area (Å²) in [4.78, 5) is 11.7. The van der Waals surface area contributed by atoms with Gasteiger partial charge in [-0.1, -0.05) is 18.2 Å². The molecule has 1 aromatic carbocycles. The third-order valence-electron chi connectivity index (χ3n) is 3.79. The highest BCUT2D eigenvalue weighted by Gasteiger charge is 2.06. The zero-order chi connectivity index (χ0) is 16.2. The van der Waals surface area contributed by atoms with Crippen LogP contribution in [-0.2, 0) is 19.5 Å². The number of hydrogen-bond donors (Lipinski definition) is 1. The van der Waals surface area contributed by atoms with Crippen LogP contribution in [-0.4, -0.2) is 21.5 Å². The Kier molecular flexibility index (Phi) is 4.52. The van der Waals surface area contributed by atoms with Crippen LogP contribution >= 0.6 is 0 Å². The molecular formula is C17H20N4O2. The van der Waals surface area contributed by atoms with Crippen LogP contribution in [0, 0.1) is 6.92 Å². The first-order chi connectivity index (χ1) is 11.2. The molecular weight excluding hydrogens is 292 g/mol. The fraction of sp³-hybridized carbons (Fsp3) is 0.353. The molecule has 0 fully saturated rings. The second-order valence-electron chi connectivity index (χ2n) is 5.57. The molecule has 1 N–H and O–H groups in total. The van der Waals surface area contributed by atoms with Gasteiger partial charge in [0.05, 0.1) is 12.2 Å². The number of aryl methyl sites for hydroxylation is 2. The molecule has 6 nitrogen and oxygen atoms in total. The van der Waals surface area contributed by atoms with E-state index in [1.807, 2.05) is 25.3 Å². The van der Waals surface area contributed by atoms with E-state index >= 15 is 0 Å². The van der Waals surface area contributed by atoms with Gasteiger partial charge in [0, 0.05) is 30.7 Å². The second-order valence-corrected chi connectivity index (χ2v) is 5.57. The van der Waals surface area contributed by atoms with Crippen molar-refractivity contribution in [2.45, 2.75) is 33.4 Å². The van der Waals surface area contributed by atoms with Crippen molar-refractivity contribution in [3.05, 3.63) is 57.7 Å². The molecule has 0 aliphatic heterocycles. The van der Waals surface area contributed by atoms with E-state index in [2.05, 4.69) is 28.6 Å². The summed E-state index contributed by atoms with van der Waals surface area (Å²) < 4.78 is 7.08. The Morgan fingerprint density at radius 3 is 2.91 bits per heavy atom. The van der Waals surface area contributed by atoms with Crippen molar-refractivity contribution in [3.8, 4) is 0 Å². The Balaban J connectivity index is 1.72. The maximum Gasteiger partial charge on any atom is 0.336 e. The maximum absolute atomic E-state index is 11.7. The molecule has 2 aromatic heterocycles. The molecule has 0 radical (unpaired) electrons. The number of aromatic nitrogens is 3. The molecule has 0 amide bonds. The molecule has 2 heterocycles. The summed E-state index contributed by atoms with van der Waals surface area (Å²) in [6.07, 6.45) is 2.86. The monoisotopic (exact) mass is 312 g/mol. The lowest BCUT2D eigenvalue weighted by molar-refractivity contribution is 0.535. The van der Waals surface area contributed by atoms with Gasteiger partial charge >= 0.3 is 5.63 Å². The third-order valence-corrected chi connectivity index (χ3v) is 3.79. The zero-order valence-corrected chi connectivity index (χ0v) is 13.4. The average Bonchev–Trinajstić information content (AvgIpc) is 2.96. The van der Waals surface area contributed by atoms with Gasteiger partial charge in [-0.15, -0.1) is 5.10 Å². The van der Waals surface area contributed by atoms with E-state index < -0.39 is 0 Å². The molecule has 0 unspecified atom stereocenters. The van der Waals surface area contributed by atoms with E-state index in [1.165, 1.54) is 5.56 Å². The SMILES string of the molecule is CCc1ccc2oc(=O)cc(CNCCn3cc(C)nn3)c2c1. The van der Waals surface area contributed by atoms with Gasteiger partial charge in [-0.3, -0.25) is 4.68 Å². The standard InChI is InChI=1S/C17H20N4O2/c1-3-13-4-5-16-15(8-13)14(9-17(22)23-16)10-18-6-7-21-11-12(2)19-20-21/h4-5,8-9,11,18H,3,6-7,10H2,1-2H3. The molecule has 0 atom stereocenters. The van der Waals surface area contributed by atoms with Gasteiger partial charge in [0.25, 0.3) is 0 Å². The highest BCUT2D eigenvalue weighted by Crippen LogP contribution is 2.19. The van der Waals surface area contributed by atoms with Gasteiger partial charge in [-0.2, -0.15) is 0 Å². The summed E-state index contributed by atoms with van der Waals surface area (Å²) in [5, 5.41) is 12.3. The van der Waals surface area contributed by atoms with Gasteiger partial charge in [-0.05, 0) is 36.6 Å². The minimum absolute atomic E-state index is 0.314. The van der Waals surface area contributed by atoms with Crippen molar-refractivity contribution >= 4 is 11.0 Å². The largest absolute Gasteiger partial charge is 0.423 e. The minimum atomic E-state index is -0.314. The maximum atomic E-state index is 11.7. The normalized spacial score (nSPS) is 11.2. The van der Waals surface area contributed by atoms with Crippen LogP contribution in [0.3, 0.4) is 0 Å².